The summed E-state index contributed by atoms with van der Waals surface area (Å²) in [4.78, 5) is 14.4. The Morgan fingerprint density at radius 1 is 1.50 bits per heavy atom. The molecular formula is C15H25N3O2. The fourth-order valence-electron chi connectivity index (χ4n) is 2.78. The van der Waals surface area contributed by atoms with Crippen molar-refractivity contribution in [2.45, 2.75) is 52.7 Å². The molecule has 0 aliphatic carbocycles. The lowest BCUT2D eigenvalue weighted by Crippen LogP contribution is -2.37. The minimum Gasteiger partial charge on any atom is -0.393 e. The van der Waals surface area contributed by atoms with Crippen LogP contribution in [0.3, 0.4) is 0 Å². The van der Waals surface area contributed by atoms with Crippen molar-refractivity contribution in [2.24, 2.45) is 5.41 Å². The maximum absolute atomic E-state index is 12.6. The van der Waals surface area contributed by atoms with Crippen molar-refractivity contribution in [3.63, 3.8) is 0 Å². The molecule has 1 aliphatic heterocycles. The maximum atomic E-state index is 12.6. The lowest BCUT2D eigenvalue weighted by Gasteiger charge is -2.29. The molecular weight excluding hydrogens is 254 g/mol. The van der Waals surface area contributed by atoms with Crippen molar-refractivity contribution in [3.8, 4) is 0 Å². The predicted octanol–water partition coefficient (Wildman–Crippen LogP) is 2.09. The minimum atomic E-state index is -0.323. The van der Waals surface area contributed by atoms with Gasteiger partial charge in [0.15, 0.2) is 0 Å². The van der Waals surface area contributed by atoms with Crippen molar-refractivity contribution < 1.29 is 9.90 Å². The highest BCUT2D eigenvalue weighted by molar-refractivity contribution is 5.92. The molecule has 0 bridgehead atoms. The maximum Gasteiger partial charge on any atom is 0.274 e. The van der Waals surface area contributed by atoms with E-state index in [4.69, 9.17) is 0 Å². The van der Waals surface area contributed by atoms with E-state index in [0.717, 1.165) is 6.42 Å². The van der Waals surface area contributed by atoms with E-state index in [-0.39, 0.29) is 23.5 Å². The van der Waals surface area contributed by atoms with E-state index in [1.54, 1.807) is 10.7 Å². The molecule has 0 saturated carbocycles. The summed E-state index contributed by atoms with van der Waals surface area (Å²) in [6.45, 7) is 9.51. The number of hydrogen-bond donors (Lipinski definition) is 1. The molecule has 2 rings (SSSR count). The highest BCUT2D eigenvalue weighted by Crippen LogP contribution is 2.28. The van der Waals surface area contributed by atoms with Gasteiger partial charge in [-0.3, -0.25) is 9.48 Å². The van der Waals surface area contributed by atoms with Gasteiger partial charge in [0.1, 0.15) is 5.69 Å². The third kappa shape index (κ3) is 3.39. The largest absolute Gasteiger partial charge is 0.393 e. The van der Waals surface area contributed by atoms with Gasteiger partial charge in [0, 0.05) is 25.3 Å². The Kier molecular flexibility index (Phi) is 4.18. The van der Waals surface area contributed by atoms with E-state index in [0.29, 0.717) is 25.2 Å². The minimum absolute atomic E-state index is 0.0356. The highest BCUT2D eigenvalue weighted by Gasteiger charge is 2.32. The molecule has 1 saturated heterocycles. The van der Waals surface area contributed by atoms with E-state index in [1.807, 2.05) is 24.9 Å². The summed E-state index contributed by atoms with van der Waals surface area (Å²) < 4.78 is 1.80. The first kappa shape index (κ1) is 15.0. The molecule has 1 atom stereocenters. The summed E-state index contributed by atoms with van der Waals surface area (Å²) in [5.41, 5.74) is 0.428. The molecule has 5 nitrogen and oxygen atoms in total. The van der Waals surface area contributed by atoms with Gasteiger partial charge in [0.2, 0.25) is 0 Å². The molecule has 1 aromatic heterocycles. The lowest BCUT2D eigenvalue weighted by molar-refractivity contribution is 0.0698. The highest BCUT2D eigenvalue weighted by atomic mass is 16.3. The standard InChI is InChI=1S/C15H25N3O2/c1-11(2)18-8-6-13(16-18)14(20)17-7-5-12(19)9-15(3,4)10-17/h6,8,11-12,19H,5,7,9-10H2,1-4H3/t12-/m0/s1. The van der Waals surface area contributed by atoms with Crippen LogP contribution in [0.4, 0.5) is 0 Å². The van der Waals surface area contributed by atoms with Gasteiger partial charge in [-0.2, -0.15) is 5.10 Å². The quantitative estimate of drug-likeness (QED) is 0.901. The van der Waals surface area contributed by atoms with Crippen LogP contribution in [0.25, 0.3) is 0 Å². The first-order valence-electron chi connectivity index (χ1n) is 7.31. The first-order valence-corrected chi connectivity index (χ1v) is 7.31. The number of hydrogen-bond acceptors (Lipinski definition) is 3. The molecule has 112 valence electrons. The Hall–Kier alpha value is -1.36. The monoisotopic (exact) mass is 279 g/mol. The summed E-state index contributed by atoms with van der Waals surface area (Å²) >= 11 is 0. The zero-order valence-electron chi connectivity index (χ0n) is 12.8. The van der Waals surface area contributed by atoms with Crippen molar-refractivity contribution in [1.82, 2.24) is 14.7 Å². The summed E-state index contributed by atoms with van der Waals surface area (Å²) in [7, 11) is 0. The van der Waals surface area contributed by atoms with Crippen LogP contribution in [0.1, 0.15) is 57.1 Å². The topological polar surface area (TPSA) is 58.4 Å². The molecule has 1 aliphatic rings. The Balaban J connectivity index is 2.14. The molecule has 0 aromatic carbocycles. The van der Waals surface area contributed by atoms with Crippen LogP contribution >= 0.6 is 0 Å². The van der Waals surface area contributed by atoms with Gasteiger partial charge in [-0.25, -0.2) is 0 Å². The third-order valence-corrected chi connectivity index (χ3v) is 3.78. The van der Waals surface area contributed by atoms with Gasteiger partial charge in [0.25, 0.3) is 5.91 Å². The number of nitrogens with zero attached hydrogens (tertiary/aromatic N) is 3. The Morgan fingerprint density at radius 3 is 2.80 bits per heavy atom. The first-order chi connectivity index (χ1) is 9.28. The molecule has 1 amide bonds. The van der Waals surface area contributed by atoms with E-state index in [2.05, 4.69) is 18.9 Å². The van der Waals surface area contributed by atoms with Crippen LogP contribution < -0.4 is 0 Å². The number of carbonyl (C=O) groups excluding carboxylic acids is 1. The molecule has 1 fully saturated rings. The molecule has 0 unspecified atom stereocenters. The zero-order valence-corrected chi connectivity index (χ0v) is 12.8. The van der Waals surface area contributed by atoms with Crippen molar-refractivity contribution in [2.75, 3.05) is 13.1 Å². The molecule has 5 heteroatoms. The van der Waals surface area contributed by atoms with Crippen LogP contribution in [0.15, 0.2) is 12.3 Å². The molecule has 20 heavy (non-hydrogen) atoms. The zero-order chi connectivity index (χ0) is 14.9. The molecule has 2 heterocycles. The van der Waals surface area contributed by atoms with Crippen LogP contribution in [0.5, 0.6) is 0 Å². The van der Waals surface area contributed by atoms with Crippen LogP contribution in [-0.4, -0.2) is 44.9 Å². The van der Waals surface area contributed by atoms with Crippen molar-refractivity contribution in [1.29, 1.82) is 0 Å². The van der Waals surface area contributed by atoms with Gasteiger partial charge < -0.3 is 10.0 Å². The summed E-state index contributed by atoms with van der Waals surface area (Å²) in [6.07, 6.45) is 2.89. The second kappa shape index (κ2) is 5.56. The second-order valence-corrected chi connectivity index (χ2v) is 6.81. The fraction of sp³-hybridized carbons (Fsp3) is 0.733. The Labute approximate surface area is 120 Å². The normalized spacial score (nSPS) is 22.9. The van der Waals surface area contributed by atoms with Crippen molar-refractivity contribution >= 4 is 5.91 Å². The molecule has 1 aromatic rings. The van der Waals surface area contributed by atoms with Gasteiger partial charge in [-0.05, 0) is 38.2 Å². The Morgan fingerprint density at radius 2 is 2.20 bits per heavy atom. The number of aliphatic hydroxyl groups excluding tert-OH is 1. The fourth-order valence-corrected chi connectivity index (χ4v) is 2.78. The van der Waals surface area contributed by atoms with Gasteiger partial charge in [-0.15, -0.1) is 0 Å². The van der Waals surface area contributed by atoms with Gasteiger partial charge in [-0.1, -0.05) is 13.8 Å². The summed E-state index contributed by atoms with van der Waals surface area (Å²) in [5.74, 6) is -0.0356. The van der Waals surface area contributed by atoms with E-state index in [1.165, 1.54) is 0 Å². The van der Waals surface area contributed by atoms with Crippen LogP contribution in [-0.2, 0) is 0 Å². The van der Waals surface area contributed by atoms with Crippen LogP contribution in [0, 0.1) is 5.41 Å². The number of carbonyl (C=O) groups is 1. The van der Waals surface area contributed by atoms with Crippen LogP contribution in [0.2, 0.25) is 0 Å². The number of aliphatic hydroxyl groups is 1. The number of aromatic nitrogens is 2. The lowest BCUT2D eigenvalue weighted by atomic mass is 9.87. The number of likely N-dealkylation sites (tertiary alicyclic amines) is 1. The van der Waals surface area contributed by atoms with E-state index < -0.39 is 0 Å². The molecule has 1 N–H and O–H groups in total. The predicted molar refractivity (Wildman–Crippen MR) is 77.5 cm³/mol. The summed E-state index contributed by atoms with van der Waals surface area (Å²) in [6, 6.07) is 2.02. The Bertz CT molecular complexity index is 479. The third-order valence-electron chi connectivity index (χ3n) is 3.78. The summed E-state index contributed by atoms with van der Waals surface area (Å²) in [5, 5.41) is 14.3. The SMILES string of the molecule is CC(C)n1ccc(C(=O)N2CC[C@H](O)CC(C)(C)C2)n1. The number of amides is 1. The second-order valence-electron chi connectivity index (χ2n) is 6.81. The van der Waals surface area contributed by atoms with Crippen molar-refractivity contribution in [3.05, 3.63) is 18.0 Å². The van der Waals surface area contributed by atoms with Gasteiger partial charge >= 0.3 is 0 Å². The average molecular weight is 279 g/mol. The van der Waals surface area contributed by atoms with E-state index >= 15 is 0 Å². The van der Waals surface area contributed by atoms with E-state index in [9.17, 15) is 9.90 Å². The molecule has 0 radical (unpaired) electrons. The average Bonchev–Trinajstić information content (AvgIpc) is 2.77. The molecule has 0 spiro atoms. The smallest absolute Gasteiger partial charge is 0.274 e. The number of rotatable bonds is 2. The van der Waals surface area contributed by atoms with Gasteiger partial charge in [0.05, 0.1) is 6.10 Å².